The van der Waals surface area contributed by atoms with E-state index in [4.69, 9.17) is 0 Å². The van der Waals surface area contributed by atoms with E-state index in [0.29, 0.717) is 17.4 Å². The minimum Gasteiger partial charge on any atom is -0.206 e. The zero-order valence-electron chi connectivity index (χ0n) is 16.7. The molecule has 0 aromatic heterocycles. The van der Waals surface area contributed by atoms with Crippen LogP contribution in [0.4, 0.5) is 4.39 Å². The molecule has 0 N–H and O–H groups in total. The first kappa shape index (κ1) is 19.7. The Morgan fingerprint density at radius 2 is 1.70 bits per heavy atom. The highest BCUT2D eigenvalue weighted by molar-refractivity contribution is 5.65. The molecule has 0 nitrogen and oxygen atoms in total. The van der Waals surface area contributed by atoms with Crippen LogP contribution < -0.4 is 0 Å². The lowest BCUT2D eigenvalue weighted by molar-refractivity contribution is 0.384. The van der Waals surface area contributed by atoms with Gasteiger partial charge in [0.05, 0.1) is 0 Å². The molecule has 0 radical (unpaired) electrons. The predicted octanol–water partition coefficient (Wildman–Crippen LogP) is 7.52. The van der Waals surface area contributed by atoms with Gasteiger partial charge in [-0.25, -0.2) is 4.39 Å². The van der Waals surface area contributed by atoms with Crippen molar-refractivity contribution in [2.75, 3.05) is 0 Å². The first-order chi connectivity index (χ1) is 13.2. The molecular formula is C26H31F. The van der Waals surface area contributed by atoms with Crippen molar-refractivity contribution < 1.29 is 4.39 Å². The van der Waals surface area contributed by atoms with Gasteiger partial charge in [0.25, 0.3) is 0 Å². The fourth-order valence-electron chi connectivity index (χ4n) is 4.24. The number of halogens is 1. The molecule has 2 aromatic carbocycles. The van der Waals surface area contributed by atoms with Crippen molar-refractivity contribution in [1.29, 1.82) is 0 Å². The van der Waals surface area contributed by atoms with Crippen LogP contribution in [-0.4, -0.2) is 0 Å². The first-order valence-corrected chi connectivity index (χ1v) is 10.5. The highest BCUT2D eigenvalue weighted by Crippen LogP contribution is 2.36. The summed E-state index contributed by atoms with van der Waals surface area (Å²) in [4.78, 5) is 0. The Bertz CT molecular complexity index is 783. The summed E-state index contributed by atoms with van der Waals surface area (Å²) in [5.41, 5.74) is 4.18. The van der Waals surface area contributed by atoms with Gasteiger partial charge in [-0.3, -0.25) is 0 Å². The minimum absolute atomic E-state index is 0.101. The van der Waals surface area contributed by atoms with E-state index in [1.165, 1.54) is 44.1 Å². The Balaban J connectivity index is 1.65. The molecule has 142 valence electrons. The molecular weight excluding hydrogens is 331 g/mol. The van der Waals surface area contributed by atoms with E-state index < -0.39 is 0 Å². The lowest BCUT2D eigenvalue weighted by Gasteiger charge is -2.26. The van der Waals surface area contributed by atoms with Crippen LogP contribution in [0.25, 0.3) is 11.1 Å². The van der Waals surface area contributed by atoms with E-state index >= 15 is 0 Å². The minimum atomic E-state index is -0.101. The molecule has 0 amide bonds. The molecule has 1 heteroatoms. The van der Waals surface area contributed by atoms with Gasteiger partial charge in [-0.15, -0.1) is 11.8 Å². The molecule has 2 aromatic rings. The van der Waals surface area contributed by atoms with E-state index in [1.54, 1.807) is 6.07 Å². The average molecular weight is 363 g/mol. The van der Waals surface area contributed by atoms with Crippen molar-refractivity contribution in [2.45, 2.75) is 71.1 Å². The lowest BCUT2D eigenvalue weighted by Crippen LogP contribution is -2.11. The van der Waals surface area contributed by atoms with Crippen molar-refractivity contribution in [3.8, 4) is 23.0 Å². The van der Waals surface area contributed by atoms with E-state index in [2.05, 4.69) is 49.1 Å². The quantitative estimate of drug-likeness (QED) is 0.368. The van der Waals surface area contributed by atoms with E-state index in [9.17, 15) is 4.39 Å². The van der Waals surface area contributed by atoms with Crippen molar-refractivity contribution in [3.05, 3.63) is 59.4 Å². The molecule has 1 fully saturated rings. The lowest BCUT2D eigenvalue weighted by atomic mass is 9.79. The van der Waals surface area contributed by atoms with Gasteiger partial charge in [-0.1, -0.05) is 56.2 Å². The van der Waals surface area contributed by atoms with Crippen LogP contribution >= 0.6 is 0 Å². The summed E-state index contributed by atoms with van der Waals surface area (Å²) >= 11 is 0. The van der Waals surface area contributed by atoms with Gasteiger partial charge >= 0.3 is 0 Å². The van der Waals surface area contributed by atoms with Gasteiger partial charge < -0.3 is 0 Å². The highest BCUT2D eigenvalue weighted by Gasteiger charge is 2.21. The zero-order valence-corrected chi connectivity index (χ0v) is 16.7. The third kappa shape index (κ3) is 5.23. The monoisotopic (exact) mass is 362 g/mol. The van der Waals surface area contributed by atoms with E-state index in [0.717, 1.165) is 24.0 Å². The molecule has 27 heavy (non-hydrogen) atoms. The second kappa shape index (κ2) is 9.75. The third-order valence-electron chi connectivity index (χ3n) is 5.87. The molecule has 0 bridgehead atoms. The van der Waals surface area contributed by atoms with Gasteiger partial charge in [0.2, 0.25) is 0 Å². The number of benzene rings is 2. The molecule has 0 unspecified atom stereocenters. The Kier molecular flexibility index (Phi) is 7.11. The van der Waals surface area contributed by atoms with Gasteiger partial charge in [-0.05, 0) is 74.1 Å². The largest absolute Gasteiger partial charge is 0.206 e. The van der Waals surface area contributed by atoms with Crippen LogP contribution in [0.2, 0.25) is 0 Å². The average Bonchev–Trinajstić information content (AvgIpc) is 2.69. The SMILES string of the molecule is CC#CC1CCC(c2ccc(-c3ccc(CCCCC)cc3F)cc2)CC1. The zero-order chi connectivity index (χ0) is 19.1. The summed E-state index contributed by atoms with van der Waals surface area (Å²) in [5, 5.41) is 0. The van der Waals surface area contributed by atoms with Crippen LogP contribution in [0.5, 0.6) is 0 Å². The topological polar surface area (TPSA) is 0 Å². The van der Waals surface area contributed by atoms with Gasteiger partial charge in [0, 0.05) is 11.5 Å². The van der Waals surface area contributed by atoms with Crippen molar-refractivity contribution in [1.82, 2.24) is 0 Å². The second-order valence-corrected chi connectivity index (χ2v) is 7.84. The number of aryl methyl sites for hydroxylation is 1. The second-order valence-electron chi connectivity index (χ2n) is 7.84. The maximum absolute atomic E-state index is 14.6. The van der Waals surface area contributed by atoms with Crippen LogP contribution in [0.15, 0.2) is 42.5 Å². The van der Waals surface area contributed by atoms with E-state index in [1.807, 2.05) is 13.0 Å². The first-order valence-electron chi connectivity index (χ1n) is 10.5. The molecule has 0 saturated heterocycles. The molecule has 1 aliphatic carbocycles. The van der Waals surface area contributed by atoms with E-state index in [-0.39, 0.29) is 5.82 Å². The van der Waals surface area contributed by atoms with Gasteiger partial charge in [0.15, 0.2) is 0 Å². The van der Waals surface area contributed by atoms with Crippen LogP contribution in [0.1, 0.15) is 75.8 Å². The maximum Gasteiger partial charge on any atom is 0.131 e. The summed E-state index contributed by atoms with van der Waals surface area (Å²) in [7, 11) is 0. The molecule has 1 saturated carbocycles. The third-order valence-corrected chi connectivity index (χ3v) is 5.87. The Morgan fingerprint density at radius 1 is 0.963 bits per heavy atom. The molecule has 0 aliphatic heterocycles. The smallest absolute Gasteiger partial charge is 0.131 e. The predicted molar refractivity (Wildman–Crippen MR) is 113 cm³/mol. The molecule has 0 spiro atoms. The summed E-state index contributed by atoms with van der Waals surface area (Å²) < 4.78 is 14.6. The summed E-state index contributed by atoms with van der Waals surface area (Å²) in [5.74, 6) is 7.48. The highest BCUT2D eigenvalue weighted by atomic mass is 19.1. The normalized spacial score (nSPS) is 19.4. The van der Waals surface area contributed by atoms with Crippen molar-refractivity contribution >= 4 is 0 Å². The maximum atomic E-state index is 14.6. The van der Waals surface area contributed by atoms with Crippen LogP contribution in [0, 0.1) is 23.6 Å². The standard InChI is InChI=1S/C26H31F/c1-3-5-6-8-21-11-18-25(26(27)19-21)24-16-14-23(15-17-24)22-12-9-20(7-4-2)10-13-22/h11,14-20,22H,3,5-6,8-10,12-13H2,1-2H3. The Hall–Kier alpha value is -2.07. The van der Waals surface area contributed by atoms with Crippen molar-refractivity contribution in [2.24, 2.45) is 5.92 Å². The number of unbranched alkanes of at least 4 members (excludes halogenated alkanes) is 2. The molecule has 0 heterocycles. The Labute approximate surface area is 164 Å². The Morgan fingerprint density at radius 3 is 2.33 bits per heavy atom. The molecule has 1 aliphatic rings. The summed E-state index contributed by atoms with van der Waals surface area (Å²) in [6.45, 7) is 4.12. The molecule has 0 atom stereocenters. The number of hydrogen-bond donors (Lipinski definition) is 0. The van der Waals surface area contributed by atoms with Crippen molar-refractivity contribution in [3.63, 3.8) is 0 Å². The molecule has 3 rings (SSSR count). The van der Waals surface area contributed by atoms with Crippen LogP contribution in [-0.2, 0) is 6.42 Å². The van der Waals surface area contributed by atoms with Crippen LogP contribution in [0.3, 0.4) is 0 Å². The van der Waals surface area contributed by atoms with Gasteiger partial charge in [0.1, 0.15) is 5.82 Å². The van der Waals surface area contributed by atoms with Gasteiger partial charge in [-0.2, -0.15) is 0 Å². The fourth-order valence-corrected chi connectivity index (χ4v) is 4.24. The fraction of sp³-hybridized carbons (Fsp3) is 0.462. The number of rotatable bonds is 6. The summed E-state index contributed by atoms with van der Waals surface area (Å²) in [6, 6.07) is 14.3. The summed E-state index contributed by atoms with van der Waals surface area (Å²) in [6.07, 6.45) is 9.31. The number of hydrogen-bond acceptors (Lipinski definition) is 0.